The molecule has 0 aromatic heterocycles. The van der Waals surface area contributed by atoms with Gasteiger partial charge >= 0.3 is 0 Å². The van der Waals surface area contributed by atoms with Gasteiger partial charge in [0.15, 0.2) is 11.6 Å². The molecule has 0 saturated heterocycles. The van der Waals surface area contributed by atoms with Gasteiger partial charge in [0.1, 0.15) is 6.04 Å². The van der Waals surface area contributed by atoms with Gasteiger partial charge in [-0.2, -0.15) is 0 Å². The molecule has 11 heteroatoms. The Bertz CT molecular complexity index is 1410. The molecule has 0 aliphatic rings. The van der Waals surface area contributed by atoms with Gasteiger partial charge in [-0.3, -0.25) is 13.9 Å². The third kappa shape index (κ3) is 8.59. The summed E-state index contributed by atoms with van der Waals surface area (Å²) in [5.74, 6) is -2.95. The summed E-state index contributed by atoms with van der Waals surface area (Å²) in [6.07, 6.45) is 1.25. The molecule has 3 aromatic carbocycles. The van der Waals surface area contributed by atoms with E-state index in [1.807, 2.05) is 54.6 Å². The van der Waals surface area contributed by atoms with Crippen molar-refractivity contribution in [2.24, 2.45) is 0 Å². The Morgan fingerprint density at radius 3 is 2.26 bits per heavy atom. The van der Waals surface area contributed by atoms with E-state index < -0.39 is 27.7 Å². The van der Waals surface area contributed by atoms with Crippen molar-refractivity contribution in [3.8, 4) is 0 Å². The molecular formula is C28H30BrF2N3O4S. The Hall–Kier alpha value is -3.31. The quantitative estimate of drug-likeness (QED) is 0.319. The fourth-order valence-corrected chi connectivity index (χ4v) is 5.60. The van der Waals surface area contributed by atoms with E-state index in [0.717, 1.165) is 38.3 Å². The summed E-state index contributed by atoms with van der Waals surface area (Å²) in [4.78, 5) is 28.1. The van der Waals surface area contributed by atoms with E-state index in [2.05, 4.69) is 21.2 Å². The molecule has 1 N–H and O–H groups in total. The van der Waals surface area contributed by atoms with Crippen LogP contribution in [-0.4, -0.2) is 51.0 Å². The Kier molecular flexibility index (Phi) is 10.6. The lowest BCUT2D eigenvalue weighted by molar-refractivity contribution is -0.141. The smallest absolute Gasteiger partial charge is 0.242 e. The van der Waals surface area contributed by atoms with Crippen LogP contribution in [-0.2, 0) is 32.6 Å². The molecule has 0 heterocycles. The number of hydrogen-bond acceptors (Lipinski definition) is 4. The number of carbonyl (C=O) groups is 2. The lowest BCUT2D eigenvalue weighted by atomic mass is 10.0. The molecule has 2 amide bonds. The zero-order valence-electron chi connectivity index (χ0n) is 21.6. The molecule has 0 aliphatic carbocycles. The standard InChI is InChI=1S/C28H30BrF2N3O4S/c1-32-28(36)26(17-20-8-4-3-5-9-20)33(19-21-10-6-11-22(29)16-21)27(35)12-7-15-34(39(2,37)38)23-13-14-24(30)25(31)18-23/h3-6,8-11,13-14,16,18,26H,7,12,15,17,19H2,1-2H3,(H,32,36)/t26-/m1/s1. The number of amides is 2. The predicted molar refractivity (Wildman–Crippen MR) is 150 cm³/mol. The van der Waals surface area contributed by atoms with E-state index in [0.29, 0.717) is 0 Å². The van der Waals surface area contributed by atoms with Crippen LogP contribution in [0.2, 0.25) is 0 Å². The number of anilines is 1. The van der Waals surface area contributed by atoms with Crippen molar-refractivity contribution >= 4 is 43.5 Å². The van der Waals surface area contributed by atoms with Crippen molar-refractivity contribution in [3.05, 3.63) is 100 Å². The second kappa shape index (κ2) is 13.7. The van der Waals surface area contributed by atoms with E-state index >= 15 is 0 Å². The summed E-state index contributed by atoms with van der Waals surface area (Å²) >= 11 is 3.44. The lowest BCUT2D eigenvalue weighted by Crippen LogP contribution is -2.49. The highest BCUT2D eigenvalue weighted by atomic mass is 79.9. The Labute approximate surface area is 236 Å². The summed E-state index contributed by atoms with van der Waals surface area (Å²) < 4.78 is 53.8. The molecular weight excluding hydrogens is 592 g/mol. The minimum atomic E-state index is -3.84. The third-order valence-electron chi connectivity index (χ3n) is 6.10. The molecule has 0 bridgehead atoms. The maximum absolute atomic E-state index is 13.8. The van der Waals surface area contributed by atoms with Crippen LogP contribution in [0.25, 0.3) is 0 Å². The van der Waals surface area contributed by atoms with Crippen molar-refractivity contribution < 1.29 is 26.8 Å². The zero-order valence-corrected chi connectivity index (χ0v) is 24.0. The number of rotatable bonds is 12. The Balaban J connectivity index is 1.85. The third-order valence-corrected chi connectivity index (χ3v) is 7.79. The number of likely N-dealkylation sites (N-methyl/N-ethyl adjacent to an activating group) is 1. The van der Waals surface area contributed by atoms with Crippen molar-refractivity contribution in [3.63, 3.8) is 0 Å². The van der Waals surface area contributed by atoms with E-state index in [1.54, 1.807) is 0 Å². The first kappa shape index (κ1) is 30.2. The number of nitrogens with zero attached hydrogens (tertiary/aromatic N) is 2. The molecule has 208 valence electrons. The SMILES string of the molecule is CNC(=O)[C@@H](Cc1ccccc1)N(Cc1cccc(Br)c1)C(=O)CCCN(c1ccc(F)c(F)c1)S(C)(=O)=O. The van der Waals surface area contributed by atoms with Gasteiger partial charge < -0.3 is 10.2 Å². The number of hydrogen-bond donors (Lipinski definition) is 1. The summed E-state index contributed by atoms with van der Waals surface area (Å²) in [6, 6.07) is 18.7. The maximum atomic E-state index is 13.8. The van der Waals surface area contributed by atoms with Gasteiger partial charge in [0.25, 0.3) is 0 Å². The van der Waals surface area contributed by atoms with Gasteiger partial charge in [-0.25, -0.2) is 17.2 Å². The molecule has 0 unspecified atom stereocenters. The van der Waals surface area contributed by atoms with Crippen LogP contribution in [0.1, 0.15) is 24.0 Å². The van der Waals surface area contributed by atoms with E-state index in [9.17, 15) is 26.8 Å². The van der Waals surface area contributed by atoms with Gasteiger partial charge in [0, 0.05) is 43.5 Å². The normalized spacial score (nSPS) is 12.0. The van der Waals surface area contributed by atoms with Gasteiger partial charge in [0.2, 0.25) is 21.8 Å². The van der Waals surface area contributed by atoms with Crippen molar-refractivity contribution in [2.45, 2.75) is 31.8 Å². The van der Waals surface area contributed by atoms with Crippen LogP contribution < -0.4 is 9.62 Å². The summed E-state index contributed by atoms with van der Waals surface area (Å²) in [7, 11) is -2.34. The number of halogens is 3. The van der Waals surface area contributed by atoms with Crippen LogP contribution in [0.15, 0.2) is 77.3 Å². The average Bonchev–Trinajstić information content (AvgIpc) is 2.89. The van der Waals surface area contributed by atoms with Gasteiger partial charge in [-0.1, -0.05) is 58.4 Å². The Morgan fingerprint density at radius 1 is 0.949 bits per heavy atom. The monoisotopic (exact) mass is 621 g/mol. The van der Waals surface area contributed by atoms with Gasteiger partial charge in [0.05, 0.1) is 11.9 Å². The first-order valence-corrected chi connectivity index (χ1v) is 14.9. The van der Waals surface area contributed by atoms with Crippen molar-refractivity contribution in [1.82, 2.24) is 10.2 Å². The van der Waals surface area contributed by atoms with Gasteiger partial charge in [-0.05, 0) is 41.8 Å². The summed E-state index contributed by atoms with van der Waals surface area (Å²) in [5.41, 5.74) is 1.64. The van der Waals surface area contributed by atoms with Crippen LogP contribution in [0.4, 0.5) is 14.5 Å². The molecule has 0 aliphatic heterocycles. The van der Waals surface area contributed by atoms with E-state index in [-0.39, 0.29) is 49.9 Å². The number of nitrogens with one attached hydrogen (secondary N) is 1. The number of sulfonamides is 1. The highest BCUT2D eigenvalue weighted by Gasteiger charge is 2.30. The second-order valence-electron chi connectivity index (χ2n) is 9.01. The molecule has 3 rings (SSSR count). The van der Waals surface area contributed by atoms with Crippen molar-refractivity contribution in [2.75, 3.05) is 24.2 Å². The second-order valence-corrected chi connectivity index (χ2v) is 11.8. The van der Waals surface area contributed by atoms with Crippen LogP contribution in [0.5, 0.6) is 0 Å². The van der Waals surface area contributed by atoms with E-state index in [1.165, 1.54) is 18.0 Å². The minimum absolute atomic E-state index is 0.0397. The number of benzene rings is 3. The molecule has 0 radical (unpaired) electrons. The molecule has 0 spiro atoms. The number of carbonyl (C=O) groups excluding carboxylic acids is 2. The first-order valence-electron chi connectivity index (χ1n) is 12.2. The molecule has 7 nitrogen and oxygen atoms in total. The summed E-state index contributed by atoms with van der Waals surface area (Å²) in [6.45, 7) is 0.0197. The fourth-order valence-electron chi connectivity index (χ4n) is 4.20. The lowest BCUT2D eigenvalue weighted by Gasteiger charge is -2.31. The largest absolute Gasteiger partial charge is 0.357 e. The highest BCUT2D eigenvalue weighted by molar-refractivity contribution is 9.10. The fraction of sp³-hybridized carbons (Fsp3) is 0.286. The topological polar surface area (TPSA) is 86.8 Å². The van der Waals surface area contributed by atoms with Crippen LogP contribution in [0.3, 0.4) is 0 Å². The molecule has 39 heavy (non-hydrogen) atoms. The van der Waals surface area contributed by atoms with Crippen LogP contribution >= 0.6 is 15.9 Å². The zero-order chi connectivity index (χ0) is 28.6. The minimum Gasteiger partial charge on any atom is -0.357 e. The maximum Gasteiger partial charge on any atom is 0.242 e. The molecule has 0 fully saturated rings. The molecule has 0 saturated carbocycles. The highest BCUT2D eigenvalue weighted by Crippen LogP contribution is 2.22. The molecule has 3 aromatic rings. The summed E-state index contributed by atoms with van der Waals surface area (Å²) in [5, 5.41) is 2.65. The Morgan fingerprint density at radius 2 is 1.64 bits per heavy atom. The predicted octanol–water partition coefficient (Wildman–Crippen LogP) is 4.66. The van der Waals surface area contributed by atoms with Crippen LogP contribution in [0, 0.1) is 11.6 Å². The van der Waals surface area contributed by atoms with E-state index in [4.69, 9.17) is 0 Å². The first-order chi connectivity index (χ1) is 18.5. The molecule has 1 atom stereocenters. The van der Waals surface area contributed by atoms with Gasteiger partial charge in [-0.15, -0.1) is 0 Å². The average molecular weight is 623 g/mol. The van der Waals surface area contributed by atoms with Crippen molar-refractivity contribution in [1.29, 1.82) is 0 Å².